The second-order valence-electron chi connectivity index (χ2n) is 4.47. The van der Waals surface area contributed by atoms with Gasteiger partial charge in [0.05, 0.1) is 6.61 Å². The third-order valence-electron chi connectivity index (χ3n) is 3.10. The maximum Gasteiger partial charge on any atom is 0.0558 e. The normalized spacial score (nSPS) is 17.8. The summed E-state index contributed by atoms with van der Waals surface area (Å²) < 4.78 is 0. The number of likely N-dealkylation sites (tertiary alicyclic amines) is 1. The van der Waals surface area contributed by atoms with Crippen LogP contribution in [0.4, 0.5) is 0 Å². The van der Waals surface area contributed by atoms with Crippen LogP contribution < -0.4 is 0 Å². The van der Waals surface area contributed by atoms with Crippen molar-refractivity contribution in [3.8, 4) is 0 Å². The van der Waals surface area contributed by atoms with Crippen LogP contribution in [0.2, 0.25) is 0 Å². The van der Waals surface area contributed by atoms with E-state index in [0.717, 1.165) is 19.6 Å². The number of hydrogen-bond acceptors (Lipinski definition) is 3. The van der Waals surface area contributed by atoms with Crippen molar-refractivity contribution in [2.45, 2.75) is 32.6 Å². The van der Waals surface area contributed by atoms with Gasteiger partial charge in [0.1, 0.15) is 0 Å². The highest BCUT2D eigenvalue weighted by molar-refractivity contribution is 4.67. The highest BCUT2D eigenvalue weighted by Crippen LogP contribution is 2.07. The lowest BCUT2D eigenvalue weighted by molar-refractivity contribution is 0.187. The van der Waals surface area contributed by atoms with E-state index in [9.17, 15) is 0 Å². The molecule has 90 valence electrons. The molecule has 1 fully saturated rings. The molecular formula is C12H26N2O. The van der Waals surface area contributed by atoms with Gasteiger partial charge in [-0.25, -0.2) is 0 Å². The maximum atomic E-state index is 8.92. The van der Waals surface area contributed by atoms with E-state index in [4.69, 9.17) is 5.11 Å². The van der Waals surface area contributed by atoms with E-state index in [1.807, 2.05) is 0 Å². The Morgan fingerprint density at radius 1 is 1.13 bits per heavy atom. The molecule has 0 amide bonds. The Labute approximate surface area is 94.1 Å². The molecule has 3 heteroatoms. The summed E-state index contributed by atoms with van der Waals surface area (Å²) in [6, 6.07) is 0. The van der Waals surface area contributed by atoms with Gasteiger partial charge in [0.15, 0.2) is 0 Å². The van der Waals surface area contributed by atoms with Crippen LogP contribution in [0.25, 0.3) is 0 Å². The molecule has 0 aromatic heterocycles. The lowest BCUT2D eigenvalue weighted by Gasteiger charge is -2.22. The highest BCUT2D eigenvalue weighted by atomic mass is 16.3. The van der Waals surface area contributed by atoms with Crippen molar-refractivity contribution < 1.29 is 5.11 Å². The minimum Gasteiger partial charge on any atom is -0.395 e. The summed E-state index contributed by atoms with van der Waals surface area (Å²) in [5.74, 6) is 0. The molecule has 0 bridgehead atoms. The van der Waals surface area contributed by atoms with Gasteiger partial charge in [0, 0.05) is 6.54 Å². The van der Waals surface area contributed by atoms with Gasteiger partial charge in [-0.15, -0.1) is 0 Å². The van der Waals surface area contributed by atoms with Gasteiger partial charge in [-0.05, 0) is 58.4 Å². The van der Waals surface area contributed by atoms with Crippen LogP contribution in [0.3, 0.4) is 0 Å². The molecule has 1 N–H and O–H groups in total. The smallest absolute Gasteiger partial charge is 0.0558 e. The summed E-state index contributed by atoms with van der Waals surface area (Å²) >= 11 is 0. The molecule has 0 radical (unpaired) electrons. The SMILES string of the molecule is CCCN(CCO)CCCN1CCCC1. The van der Waals surface area contributed by atoms with Crippen molar-refractivity contribution in [1.29, 1.82) is 0 Å². The molecule has 0 aromatic carbocycles. The Hall–Kier alpha value is -0.120. The zero-order valence-corrected chi connectivity index (χ0v) is 10.1. The Morgan fingerprint density at radius 3 is 2.47 bits per heavy atom. The third-order valence-corrected chi connectivity index (χ3v) is 3.10. The Morgan fingerprint density at radius 2 is 1.87 bits per heavy atom. The van der Waals surface area contributed by atoms with E-state index in [-0.39, 0.29) is 0 Å². The van der Waals surface area contributed by atoms with E-state index >= 15 is 0 Å². The van der Waals surface area contributed by atoms with Gasteiger partial charge in [-0.1, -0.05) is 6.92 Å². The second-order valence-corrected chi connectivity index (χ2v) is 4.47. The van der Waals surface area contributed by atoms with E-state index in [1.165, 1.54) is 45.3 Å². The predicted molar refractivity (Wildman–Crippen MR) is 64.1 cm³/mol. The lowest BCUT2D eigenvalue weighted by Crippen LogP contribution is -2.31. The summed E-state index contributed by atoms with van der Waals surface area (Å²) in [5.41, 5.74) is 0. The zero-order valence-electron chi connectivity index (χ0n) is 10.1. The summed E-state index contributed by atoms with van der Waals surface area (Å²) in [6.07, 6.45) is 5.20. The first-order chi connectivity index (χ1) is 7.36. The first kappa shape index (κ1) is 12.9. The van der Waals surface area contributed by atoms with Crippen LogP contribution in [-0.4, -0.2) is 60.8 Å². The third kappa shape index (κ3) is 5.50. The van der Waals surface area contributed by atoms with Crippen molar-refractivity contribution in [3.05, 3.63) is 0 Å². The van der Waals surface area contributed by atoms with Crippen LogP contribution in [-0.2, 0) is 0 Å². The summed E-state index contributed by atoms with van der Waals surface area (Å²) in [6.45, 7) is 9.45. The van der Waals surface area contributed by atoms with E-state index in [0.29, 0.717) is 6.61 Å². The zero-order chi connectivity index (χ0) is 10.9. The minimum atomic E-state index is 0.295. The average molecular weight is 214 g/mol. The van der Waals surface area contributed by atoms with Gasteiger partial charge in [-0.3, -0.25) is 0 Å². The molecule has 0 spiro atoms. The molecule has 0 saturated carbocycles. The van der Waals surface area contributed by atoms with Crippen LogP contribution in [0.1, 0.15) is 32.6 Å². The quantitative estimate of drug-likeness (QED) is 0.657. The summed E-state index contributed by atoms with van der Waals surface area (Å²) in [7, 11) is 0. The largest absolute Gasteiger partial charge is 0.395 e. The van der Waals surface area contributed by atoms with Crippen LogP contribution >= 0.6 is 0 Å². The molecule has 3 nitrogen and oxygen atoms in total. The van der Waals surface area contributed by atoms with Gasteiger partial charge in [0.25, 0.3) is 0 Å². The maximum absolute atomic E-state index is 8.92. The first-order valence-electron chi connectivity index (χ1n) is 6.42. The first-order valence-corrected chi connectivity index (χ1v) is 6.42. The Balaban J connectivity index is 2.04. The fourth-order valence-electron chi connectivity index (χ4n) is 2.32. The Bertz CT molecular complexity index is 141. The van der Waals surface area contributed by atoms with Crippen LogP contribution in [0.5, 0.6) is 0 Å². The average Bonchev–Trinajstić information content (AvgIpc) is 2.71. The van der Waals surface area contributed by atoms with Gasteiger partial charge >= 0.3 is 0 Å². The highest BCUT2D eigenvalue weighted by Gasteiger charge is 2.11. The number of nitrogens with zero attached hydrogens (tertiary/aromatic N) is 2. The van der Waals surface area contributed by atoms with Crippen molar-refractivity contribution in [2.75, 3.05) is 45.9 Å². The van der Waals surface area contributed by atoms with Gasteiger partial charge in [-0.2, -0.15) is 0 Å². The molecule has 0 aromatic rings. The fraction of sp³-hybridized carbons (Fsp3) is 1.00. The van der Waals surface area contributed by atoms with Crippen molar-refractivity contribution in [2.24, 2.45) is 0 Å². The van der Waals surface area contributed by atoms with E-state index < -0.39 is 0 Å². The van der Waals surface area contributed by atoms with Gasteiger partial charge in [0.2, 0.25) is 0 Å². The number of aliphatic hydroxyl groups excluding tert-OH is 1. The molecule has 0 unspecified atom stereocenters. The standard InChI is InChI=1S/C12H26N2O/c1-2-6-13(11-12-15)9-5-10-14-7-3-4-8-14/h15H,2-12H2,1H3. The second kappa shape index (κ2) is 8.08. The predicted octanol–water partition coefficient (Wildman–Crippen LogP) is 1.18. The molecule has 1 aliphatic rings. The van der Waals surface area contributed by atoms with Crippen molar-refractivity contribution >= 4 is 0 Å². The lowest BCUT2D eigenvalue weighted by atomic mass is 10.3. The summed E-state index contributed by atoms with van der Waals surface area (Å²) in [4.78, 5) is 4.93. The molecular weight excluding hydrogens is 188 g/mol. The van der Waals surface area contributed by atoms with E-state index in [1.54, 1.807) is 0 Å². The monoisotopic (exact) mass is 214 g/mol. The minimum absolute atomic E-state index is 0.295. The molecule has 0 atom stereocenters. The molecule has 1 saturated heterocycles. The van der Waals surface area contributed by atoms with Gasteiger partial charge < -0.3 is 14.9 Å². The molecule has 1 heterocycles. The van der Waals surface area contributed by atoms with E-state index in [2.05, 4.69) is 16.7 Å². The summed E-state index contributed by atoms with van der Waals surface area (Å²) in [5, 5.41) is 8.92. The van der Waals surface area contributed by atoms with Crippen LogP contribution in [0, 0.1) is 0 Å². The molecule has 1 rings (SSSR count). The van der Waals surface area contributed by atoms with Crippen LogP contribution in [0.15, 0.2) is 0 Å². The molecule has 1 aliphatic heterocycles. The Kier molecular flexibility index (Phi) is 6.98. The number of hydrogen-bond donors (Lipinski definition) is 1. The number of rotatable bonds is 8. The van der Waals surface area contributed by atoms with Crippen molar-refractivity contribution in [1.82, 2.24) is 9.80 Å². The fourth-order valence-corrected chi connectivity index (χ4v) is 2.32. The number of aliphatic hydroxyl groups is 1. The van der Waals surface area contributed by atoms with Crippen molar-refractivity contribution in [3.63, 3.8) is 0 Å². The topological polar surface area (TPSA) is 26.7 Å². The molecule has 15 heavy (non-hydrogen) atoms. The molecule has 0 aliphatic carbocycles.